The Balaban J connectivity index is 0.877. The van der Waals surface area contributed by atoms with Gasteiger partial charge in [-0.1, -0.05) is 18.6 Å². The molecule has 6 heterocycles. The highest BCUT2D eigenvalue weighted by Gasteiger charge is 2.58. The second kappa shape index (κ2) is 16.6. The van der Waals surface area contributed by atoms with Crippen LogP contribution in [0.2, 0.25) is 0 Å². The second-order valence-corrected chi connectivity index (χ2v) is 17.9. The standard InChI is InChI=1S/C42H64O15/c1-20-34(43)28(46-6)16-31(51-20)56-36-21(2)52-32(17-29(36)47-7)57-37-22(3)53-40(35(44)38(37)48-8)54-25-13-14-41(4)24(15-25)10-11-26-27(41)12-9-23-18-49-42(5)33(23)30(19-50-42)55-39(26)45/h10,18,20-22,25-38,40,43-44H,9,11-17,19H2,1-8H3/t20-,21-,22+,25-,26+,27-,28+,29+,30+,31-,32+,33+,34-,35+,36-,37+,38+,40-,41-,42-/m0/s1. The van der Waals surface area contributed by atoms with Crippen molar-refractivity contribution in [3.05, 3.63) is 23.5 Å². The average molecular weight is 809 g/mol. The number of rotatable bonds is 9. The summed E-state index contributed by atoms with van der Waals surface area (Å²) in [5.41, 5.74) is 2.27. The number of hydrogen-bond acceptors (Lipinski definition) is 15. The van der Waals surface area contributed by atoms with Crippen LogP contribution in [0.15, 0.2) is 23.5 Å². The molecule has 1 saturated carbocycles. The summed E-state index contributed by atoms with van der Waals surface area (Å²) in [5, 5.41) is 22.0. The third-order valence-corrected chi connectivity index (χ3v) is 14.6. The van der Waals surface area contributed by atoms with E-state index in [-0.39, 0.29) is 47.4 Å². The van der Waals surface area contributed by atoms with E-state index in [4.69, 9.17) is 56.8 Å². The zero-order valence-electron chi connectivity index (χ0n) is 34.6. The first-order valence-electron chi connectivity index (χ1n) is 21.0. The van der Waals surface area contributed by atoms with Crippen LogP contribution in [0.1, 0.15) is 86.0 Å². The summed E-state index contributed by atoms with van der Waals surface area (Å²) in [5.74, 6) is -1.07. The van der Waals surface area contributed by atoms with Gasteiger partial charge in [-0.15, -0.1) is 0 Å². The number of allylic oxidation sites excluding steroid dienone is 1. The molecule has 322 valence electrons. The smallest absolute Gasteiger partial charge is 0.309 e. The van der Waals surface area contributed by atoms with Crippen molar-refractivity contribution in [2.75, 3.05) is 27.9 Å². The molecule has 15 heteroatoms. The fraction of sp³-hybridized carbons (Fsp3) is 0.881. The predicted octanol–water partition coefficient (Wildman–Crippen LogP) is 3.66. The van der Waals surface area contributed by atoms with Gasteiger partial charge in [-0.3, -0.25) is 4.79 Å². The van der Waals surface area contributed by atoms with E-state index in [0.717, 1.165) is 25.7 Å². The number of carbonyl (C=O) groups is 1. The van der Waals surface area contributed by atoms with Gasteiger partial charge >= 0.3 is 5.97 Å². The Bertz CT molecular complexity index is 1510. The zero-order valence-corrected chi connectivity index (χ0v) is 34.6. The fourth-order valence-electron chi connectivity index (χ4n) is 11.3. The van der Waals surface area contributed by atoms with E-state index in [9.17, 15) is 15.0 Å². The van der Waals surface area contributed by atoms with Crippen LogP contribution < -0.4 is 0 Å². The highest BCUT2D eigenvalue weighted by Crippen LogP contribution is 2.57. The number of hydrogen-bond donors (Lipinski definition) is 2. The molecule has 6 fully saturated rings. The molecule has 0 bridgehead atoms. The molecule has 0 unspecified atom stereocenters. The van der Waals surface area contributed by atoms with Crippen molar-refractivity contribution in [3.8, 4) is 0 Å². The van der Waals surface area contributed by atoms with Gasteiger partial charge in [0.05, 0.1) is 61.3 Å². The van der Waals surface area contributed by atoms with Crippen molar-refractivity contribution >= 4 is 5.97 Å². The molecule has 0 radical (unpaired) electrons. The number of fused-ring (bicyclic) bond motifs is 3. The predicted molar refractivity (Wildman–Crippen MR) is 199 cm³/mol. The molecule has 20 atom stereocenters. The first-order chi connectivity index (χ1) is 27.3. The zero-order chi connectivity index (χ0) is 40.4. The van der Waals surface area contributed by atoms with Crippen LogP contribution in [0.25, 0.3) is 0 Å². The average Bonchev–Trinajstić information content (AvgIpc) is 3.70. The SMILES string of the molecule is CO[C@@H]1[C@@H](O)[C@H](O[C@H]2CC[C@@]3(C)C(=CC[C@H]4C(=O)O[C@@H]5CO[C@]6(C)OC=C(CC[C@@H]43)[C@H]56)C2)O[C@H](C)[C@H]1O[C@@H]1C[C@@H](OC)[C@@H](O[C@H]2C[C@@H](OC)[C@@H](O)[C@H](C)O2)[C@H](C)O1. The fourth-order valence-corrected chi connectivity index (χ4v) is 11.3. The molecule has 5 saturated heterocycles. The monoisotopic (exact) mass is 808 g/mol. The molecule has 0 aromatic rings. The number of carbonyl (C=O) groups excluding carboxylic acids is 1. The Kier molecular flexibility index (Phi) is 12.2. The van der Waals surface area contributed by atoms with E-state index in [2.05, 4.69) is 13.0 Å². The first kappa shape index (κ1) is 42.0. The maximum absolute atomic E-state index is 13.7. The maximum Gasteiger partial charge on any atom is 0.309 e. The van der Waals surface area contributed by atoms with E-state index in [1.807, 2.05) is 27.0 Å². The van der Waals surface area contributed by atoms with E-state index in [1.165, 1.54) is 11.1 Å². The van der Waals surface area contributed by atoms with Crippen molar-refractivity contribution < 1.29 is 71.8 Å². The van der Waals surface area contributed by atoms with Crippen molar-refractivity contribution in [1.29, 1.82) is 0 Å². The Labute approximate surface area is 335 Å². The van der Waals surface area contributed by atoms with Gasteiger partial charge in [-0.05, 0) is 76.2 Å². The molecule has 0 amide bonds. The molecule has 8 aliphatic rings. The molecule has 15 nitrogen and oxygen atoms in total. The summed E-state index contributed by atoms with van der Waals surface area (Å²) in [7, 11) is 4.74. The summed E-state index contributed by atoms with van der Waals surface area (Å²) in [6, 6.07) is 0. The third kappa shape index (κ3) is 7.76. The lowest BCUT2D eigenvalue weighted by Gasteiger charge is -2.51. The number of methoxy groups -OCH3 is 3. The molecule has 2 N–H and O–H groups in total. The van der Waals surface area contributed by atoms with Gasteiger partial charge in [0, 0.05) is 41.1 Å². The van der Waals surface area contributed by atoms with E-state index in [0.29, 0.717) is 32.3 Å². The minimum atomic E-state index is -1.13. The topological polar surface area (TPSA) is 168 Å². The summed E-state index contributed by atoms with van der Waals surface area (Å²) < 4.78 is 73.4. The molecule has 0 aromatic heterocycles. The summed E-state index contributed by atoms with van der Waals surface area (Å²) in [6.07, 6.45) is 0.723. The Morgan fingerprint density at radius 2 is 1.51 bits per heavy atom. The lowest BCUT2D eigenvalue weighted by atomic mass is 9.55. The highest BCUT2D eigenvalue weighted by atomic mass is 16.8. The molecule has 57 heavy (non-hydrogen) atoms. The van der Waals surface area contributed by atoms with Gasteiger partial charge in [-0.2, -0.15) is 0 Å². The molecule has 8 rings (SSSR count). The van der Waals surface area contributed by atoms with Crippen molar-refractivity contribution in [3.63, 3.8) is 0 Å². The van der Waals surface area contributed by atoms with Crippen LogP contribution in [0.4, 0.5) is 0 Å². The van der Waals surface area contributed by atoms with Gasteiger partial charge in [0.25, 0.3) is 0 Å². The van der Waals surface area contributed by atoms with Gasteiger partial charge in [0.15, 0.2) is 18.9 Å². The molecule has 0 spiro atoms. The van der Waals surface area contributed by atoms with Crippen LogP contribution in [-0.2, 0) is 61.6 Å². The van der Waals surface area contributed by atoms with E-state index < -0.39 is 79.6 Å². The third-order valence-electron chi connectivity index (χ3n) is 14.6. The second-order valence-electron chi connectivity index (χ2n) is 17.9. The highest BCUT2D eigenvalue weighted by molar-refractivity contribution is 5.74. The van der Waals surface area contributed by atoms with Crippen LogP contribution in [-0.4, -0.2) is 142 Å². The number of esters is 1. The summed E-state index contributed by atoms with van der Waals surface area (Å²) in [6.45, 7) is 10.2. The van der Waals surface area contributed by atoms with Crippen LogP contribution >= 0.6 is 0 Å². The molecule has 2 aliphatic carbocycles. The minimum Gasteiger partial charge on any atom is -0.469 e. The quantitative estimate of drug-likeness (QED) is 0.256. The lowest BCUT2D eigenvalue weighted by molar-refractivity contribution is -0.353. The van der Waals surface area contributed by atoms with Crippen molar-refractivity contribution in [2.45, 2.75) is 184 Å². The van der Waals surface area contributed by atoms with Gasteiger partial charge in [-0.25, -0.2) is 0 Å². The normalized spacial score (nSPS) is 51.2. The molecule has 0 aromatic carbocycles. The van der Waals surface area contributed by atoms with E-state index >= 15 is 0 Å². The Morgan fingerprint density at radius 3 is 2.25 bits per heavy atom. The lowest BCUT2D eigenvalue weighted by Crippen LogP contribution is -2.61. The maximum atomic E-state index is 13.7. The van der Waals surface area contributed by atoms with Crippen molar-refractivity contribution in [2.24, 2.45) is 23.2 Å². The Hall–Kier alpha value is -1.73. The van der Waals surface area contributed by atoms with Gasteiger partial charge in [0.1, 0.15) is 36.6 Å². The minimum absolute atomic E-state index is 0.0721. The number of ether oxygens (including phenoxy) is 12. The first-order valence-corrected chi connectivity index (χ1v) is 21.0. The number of aliphatic hydroxyl groups is 2. The van der Waals surface area contributed by atoms with Crippen LogP contribution in [0.5, 0.6) is 0 Å². The largest absolute Gasteiger partial charge is 0.469 e. The molecular formula is C42H64O15. The van der Waals surface area contributed by atoms with Crippen LogP contribution in [0.3, 0.4) is 0 Å². The van der Waals surface area contributed by atoms with E-state index in [1.54, 1.807) is 28.3 Å². The van der Waals surface area contributed by atoms with Crippen molar-refractivity contribution in [1.82, 2.24) is 0 Å². The molecular weight excluding hydrogens is 744 g/mol. The van der Waals surface area contributed by atoms with Crippen LogP contribution in [0, 0.1) is 23.2 Å². The van der Waals surface area contributed by atoms with Gasteiger partial charge in [0.2, 0.25) is 5.79 Å². The summed E-state index contributed by atoms with van der Waals surface area (Å²) in [4.78, 5) is 13.7. The molecule has 6 aliphatic heterocycles. The van der Waals surface area contributed by atoms with Gasteiger partial charge < -0.3 is 67.1 Å². The Morgan fingerprint density at radius 1 is 0.807 bits per heavy atom. The summed E-state index contributed by atoms with van der Waals surface area (Å²) >= 11 is 0. The number of aliphatic hydroxyl groups excluding tert-OH is 2.